The first kappa shape index (κ1) is 24.9. The first-order valence-electron chi connectivity index (χ1n) is 11.8. The van der Waals surface area contributed by atoms with Crippen LogP contribution >= 0.6 is 12.2 Å². The molecule has 2 N–H and O–H groups in total. The monoisotopic (exact) mass is 532 g/mol. The van der Waals surface area contributed by atoms with E-state index < -0.39 is 10.0 Å². The Morgan fingerprint density at radius 2 is 1.73 bits per heavy atom. The lowest BCUT2D eigenvalue weighted by Crippen LogP contribution is -2.29. The summed E-state index contributed by atoms with van der Waals surface area (Å²) in [5.41, 5.74) is 6.58. The summed E-state index contributed by atoms with van der Waals surface area (Å²) < 4.78 is 28.0. The maximum absolute atomic E-state index is 11.7. The van der Waals surface area contributed by atoms with Crippen molar-refractivity contribution in [2.75, 3.05) is 15.9 Å². The summed E-state index contributed by atoms with van der Waals surface area (Å²) in [5, 5.41) is 4.06. The number of nitrogens with zero attached hydrogens (tertiary/aromatic N) is 4. The molecule has 0 unspecified atom stereocenters. The second kappa shape index (κ2) is 9.60. The number of aryl methyl sites for hydroxylation is 2. The number of thiocarbonyl (C=S) groups is 1. The SMILES string of the molecule is Cc1ccnc(-n2c(C)cc([C@@H]3[C@H](c4ccccn4)NC(=S)N3c3ccc(NS(C)(=O)=O)cc3)c2C)c1. The van der Waals surface area contributed by atoms with Gasteiger partial charge in [0, 0.05) is 35.2 Å². The second-order valence-electron chi connectivity index (χ2n) is 9.27. The molecule has 0 amide bonds. The Bertz CT molecular complexity index is 1570. The first-order valence-corrected chi connectivity index (χ1v) is 14.1. The normalized spacial score (nSPS) is 17.6. The van der Waals surface area contributed by atoms with Gasteiger partial charge in [-0.25, -0.2) is 13.4 Å². The Hall–Kier alpha value is -3.76. The molecule has 37 heavy (non-hydrogen) atoms. The van der Waals surface area contributed by atoms with Crippen LogP contribution in [0.1, 0.15) is 40.3 Å². The molecule has 1 aliphatic heterocycles. The summed E-state index contributed by atoms with van der Waals surface area (Å²) in [4.78, 5) is 11.3. The molecule has 1 fully saturated rings. The Kier molecular flexibility index (Phi) is 6.47. The Morgan fingerprint density at radius 3 is 2.38 bits per heavy atom. The van der Waals surface area contributed by atoms with Gasteiger partial charge in [0.1, 0.15) is 5.82 Å². The number of benzene rings is 1. The first-order chi connectivity index (χ1) is 17.6. The van der Waals surface area contributed by atoms with Gasteiger partial charge in [-0.2, -0.15) is 0 Å². The number of hydrogen-bond acceptors (Lipinski definition) is 5. The zero-order valence-corrected chi connectivity index (χ0v) is 22.6. The highest BCUT2D eigenvalue weighted by Gasteiger charge is 2.42. The van der Waals surface area contributed by atoms with Crippen molar-refractivity contribution in [2.45, 2.75) is 32.9 Å². The number of rotatable bonds is 6. The van der Waals surface area contributed by atoms with Crippen molar-refractivity contribution in [2.24, 2.45) is 0 Å². The van der Waals surface area contributed by atoms with Crippen molar-refractivity contribution in [3.05, 3.63) is 101 Å². The molecule has 4 heterocycles. The number of pyridine rings is 2. The summed E-state index contributed by atoms with van der Waals surface area (Å²) >= 11 is 5.85. The fraction of sp³-hybridized carbons (Fsp3) is 0.222. The molecule has 190 valence electrons. The van der Waals surface area contributed by atoms with Crippen LogP contribution in [-0.4, -0.2) is 34.3 Å². The summed E-state index contributed by atoms with van der Waals surface area (Å²) in [6.07, 6.45) is 4.74. The highest BCUT2D eigenvalue weighted by atomic mass is 32.2. The molecule has 4 aromatic rings. The lowest BCUT2D eigenvalue weighted by atomic mass is 9.96. The van der Waals surface area contributed by atoms with Gasteiger partial charge in [-0.3, -0.25) is 9.71 Å². The zero-order valence-electron chi connectivity index (χ0n) is 21.0. The number of hydrogen-bond donors (Lipinski definition) is 2. The molecule has 10 heteroatoms. The van der Waals surface area contributed by atoms with Crippen LogP contribution in [0.3, 0.4) is 0 Å². The van der Waals surface area contributed by atoms with Gasteiger partial charge in [0.25, 0.3) is 0 Å². The minimum atomic E-state index is -3.37. The van der Waals surface area contributed by atoms with Crippen molar-refractivity contribution < 1.29 is 8.42 Å². The Labute approximate surface area is 222 Å². The number of anilines is 2. The van der Waals surface area contributed by atoms with Crippen LogP contribution in [0.4, 0.5) is 11.4 Å². The van der Waals surface area contributed by atoms with Crippen molar-refractivity contribution in [3.63, 3.8) is 0 Å². The third-order valence-corrected chi connectivity index (χ3v) is 7.39. The molecule has 3 aromatic heterocycles. The maximum atomic E-state index is 11.7. The summed E-state index contributed by atoms with van der Waals surface area (Å²) in [7, 11) is -3.37. The van der Waals surface area contributed by atoms with Crippen molar-refractivity contribution in [1.29, 1.82) is 0 Å². The molecular formula is C27H28N6O2S2. The van der Waals surface area contributed by atoms with Gasteiger partial charge in [0.05, 0.1) is 24.0 Å². The van der Waals surface area contributed by atoms with E-state index >= 15 is 0 Å². The molecule has 0 spiro atoms. The molecule has 0 radical (unpaired) electrons. The van der Waals surface area contributed by atoms with E-state index in [1.165, 1.54) is 0 Å². The fourth-order valence-electron chi connectivity index (χ4n) is 4.94. The zero-order chi connectivity index (χ0) is 26.3. The minimum Gasteiger partial charge on any atom is -0.351 e. The fourth-order valence-corrected chi connectivity index (χ4v) is 5.85. The van der Waals surface area contributed by atoms with Crippen molar-refractivity contribution >= 4 is 38.7 Å². The van der Waals surface area contributed by atoms with E-state index in [9.17, 15) is 8.42 Å². The van der Waals surface area contributed by atoms with Crippen molar-refractivity contribution in [3.8, 4) is 5.82 Å². The van der Waals surface area contributed by atoms with E-state index in [-0.39, 0.29) is 12.1 Å². The standard InChI is InChI=1S/C27H28N6O2S2/c1-17-12-14-29-24(15-17)32-18(2)16-22(19(32)3)26-25(23-7-5-6-13-28-23)30-27(36)33(26)21-10-8-20(9-11-21)31-37(4,34)35/h5-16,25-26,31H,1-4H3,(H,30,36)/t25-,26+/m0/s1. The summed E-state index contributed by atoms with van der Waals surface area (Å²) in [6, 6.07) is 18.9. The van der Waals surface area contributed by atoms with Crippen LogP contribution in [0.5, 0.6) is 0 Å². The molecule has 0 aliphatic carbocycles. The topological polar surface area (TPSA) is 92.2 Å². The molecule has 1 aliphatic rings. The second-order valence-corrected chi connectivity index (χ2v) is 11.4. The van der Waals surface area contributed by atoms with E-state index in [0.29, 0.717) is 10.8 Å². The highest BCUT2D eigenvalue weighted by Crippen LogP contribution is 2.43. The van der Waals surface area contributed by atoms with Crippen LogP contribution in [-0.2, 0) is 10.0 Å². The van der Waals surface area contributed by atoms with Crippen LogP contribution in [0.25, 0.3) is 5.82 Å². The van der Waals surface area contributed by atoms with Gasteiger partial charge >= 0.3 is 0 Å². The Morgan fingerprint density at radius 1 is 0.973 bits per heavy atom. The van der Waals surface area contributed by atoms with Gasteiger partial charge in [0.15, 0.2) is 5.11 Å². The van der Waals surface area contributed by atoms with E-state index in [2.05, 4.69) is 62.4 Å². The number of sulfonamides is 1. The molecule has 5 rings (SSSR count). The van der Waals surface area contributed by atoms with Crippen molar-refractivity contribution in [1.82, 2.24) is 19.9 Å². The number of nitrogens with one attached hydrogen (secondary N) is 2. The van der Waals surface area contributed by atoms with E-state index in [1.54, 1.807) is 18.3 Å². The predicted octanol–water partition coefficient (Wildman–Crippen LogP) is 4.74. The molecule has 0 bridgehead atoms. The van der Waals surface area contributed by atoms with E-state index in [4.69, 9.17) is 12.2 Å². The quantitative estimate of drug-likeness (QED) is 0.347. The lowest BCUT2D eigenvalue weighted by Gasteiger charge is -2.28. The highest BCUT2D eigenvalue weighted by molar-refractivity contribution is 7.92. The third-order valence-electron chi connectivity index (χ3n) is 6.47. The largest absolute Gasteiger partial charge is 0.351 e. The average molecular weight is 533 g/mol. The molecular weight excluding hydrogens is 504 g/mol. The van der Waals surface area contributed by atoms with Crippen LogP contribution in [0.2, 0.25) is 0 Å². The lowest BCUT2D eigenvalue weighted by molar-refractivity contribution is 0.565. The van der Waals surface area contributed by atoms with Gasteiger partial charge in [-0.15, -0.1) is 0 Å². The molecule has 1 aromatic carbocycles. The molecule has 0 saturated carbocycles. The summed E-state index contributed by atoms with van der Waals surface area (Å²) in [6.45, 7) is 6.23. The van der Waals surface area contributed by atoms with Crippen LogP contribution in [0, 0.1) is 20.8 Å². The summed E-state index contributed by atoms with van der Waals surface area (Å²) in [5.74, 6) is 0.868. The van der Waals surface area contributed by atoms with Gasteiger partial charge in [0.2, 0.25) is 10.0 Å². The third kappa shape index (κ3) is 4.94. The molecule has 2 atom stereocenters. The predicted molar refractivity (Wildman–Crippen MR) is 151 cm³/mol. The van der Waals surface area contributed by atoms with Gasteiger partial charge < -0.3 is 14.8 Å². The average Bonchev–Trinajstić information content (AvgIpc) is 3.34. The maximum Gasteiger partial charge on any atom is 0.229 e. The Balaban J connectivity index is 1.63. The number of aromatic nitrogens is 3. The van der Waals surface area contributed by atoms with E-state index in [1.807, 2.05) is 42.6 Å². The molecule has 1 saturated heterocycles. The van der Waals surface area contributed by atoms with Crippen LogP contribution < -0.4 is 14.9 Å². The van der Waals surface area contributed by atoms with Crippen LogP contribution in [0.15, 0.2) is 73.1 Å². The minimum absolute atomic E-state index is 0.193. The van der Waals surface area contributed by atoms with Gasteiger partial charge in [-0.1, -0.05) is 6.07 Å². The van der Waals surface area contributed by atoms with E-state index in [0.717, 1.165) is 46.0 Å². The molecule has 8 nitrogen and oxygen atoms in total. The smallest absolute Gasteiger partial charge is 0.229 e. The van der Waals surface area contributed by atoms with Gasteiger partial charge in [-0.05, 0) is 98.7 Å².